The fourth-order valence-corrected chi connectivity index (χ4v) is 3.22. The molecule has 1 fully saturated rings. The van der Waals surface area contributed by atoms with Crippen LogP contribution in [0.2, 0.25) is 0 Å². The summed E-state index contributed by atoms with van der Waals surface area (Å²) in [6.45, 7) is 2.73. The quantitative estimate of drug-likeness (QED) is 0.688. The molecule has 6 heteroatoms. The number of sulfonamides is 1. The summed E-state index contributed by atoms with van der Waals surface area (Å²) in [6.07, 6.45) is 0.484. The smallest absolute Gasteiger partial charge is 0.216 e. The van der Waals surface area contributed by atoms with Gasteiger partial charge >= 0.3 is 0 Å². The Morgan fingerprint density at radius 1 is 1.64 bits per heavy atom. The van der Waals surface area contributed by atoms with E-state index in [1.807, 2.05) is 0 Å². The molecule has 0 amide bonds. The van der Waals surface area contributed by atoms with Crippen molar-refractivity contribution in [3.8, 4) is 0 Å². The maximum absolute atomic E-state index is 11.7. The Balaban J connectivity index is 2.57. The first-order valence-electron chi connectivity index (χ1n) is 4.72. The molecular formula is C8H18N2O3S. The third-order valence-corrected chi connectivity index (χ3v) is 4.44. The van der Waals surface area contributed by atoms with E-state index in [4.69, 9.17) is 10.5 Å². The molecule has 2 N–H and O–H groups in total. The van der Waals surface area contributed by atoms with E-state index < -0.39 is 10.0 Å². The summed E-state index contributed by atoms with van der Waals surface area (Å²) in [4.78, 5) is 0. The van der Waals surface area contributed by atoms with Gasteiger partial charge in [0.1, 0.15) is 0 Å². The Bertz CT molecular complexity index is 278. The Morgan fingerprint density at radius 3 is 2.71 bits per heavy atom. The van der Waals surface area contributed by atoms with Gasteiger partial charge in [-0.2, -0.15) is 0 Å². The molecule has 1 unspecified atom stereocenters. The third-order valence-electron chi connectivity index (χ3n) is 2.43. The molecule has 5 nitrogen and oxygen atoms in total. The van der Waals surface area contributed by atoms with E-state index in [1.54, 1.807) is 6.92 Å². The number of ether oxygens (including phenoxy) is 1. The first kappa shape index (κ1) is 11.9. The fraction of sp³-hybridized carbons (Fsp3) is 1.00. The van der Waals surface area contributed by atoms with Crippen LogP contribution in [0.3, 0.4) is 0 Å². The highest BCUT2D eigenvalue weighted by atomic mass is 32.2. The van der Waals surface area contributed by atoms with Gasteiger partial charge in [0.25, 0.3) is 0 Å². The van der Waals surface area contributed by atoms with Crippen molar-refractivity contribution in [2.24, 2.45) is 5.73 Å². The van der Waals surface area contributed by atoms with Crippen molar-refractivity contribution in [1.82, 2.24) is 4.31 Å². The molecular weight excluding hydrogens is 204 g/mol. The molecule has 0 aromatic rings. The predicted octanol–water partition coefficient (Wildman–Crippen LogP) is -0.616. The normalized spacial score (nSPS) is 26.6. The van der Waals surface area contributed by atoms with Crippen molar-refractivity contribution >= 4 is 10.0 Å². The van der Waals surface area contributed by atoms with E-state index in [0.717, 1.165) is 6.42 Å². The largest absolute Gasteiger partial charge is 0.381 e. The molecule has 84 valence electrons. The lowest BCUT2D eigenvalue weighted by atomic mass is 10.3. The monoisotopic (exact) mass is 222 g/mol. The molecule has 1 aliphatic rings. The molecule has 0 bridgehead atoms. The molecule has 1 heterocycles. The van der Waals surface area contributed by atoms with Crippen LogP contribution in [-0.2, 0) is 14.8 Å². The van der Waals surface area contributed by atoms with Gasteiger partial charge in [0, 0.05) is 26.2 Å². The van der Waals surface area contributed by atoms with Gasteiger partial charge in [0.15, 0.2) is 0 Å². The van der Waals surface area contributed by atoms with Crippen LogP contribution in [0.5, 0.6) is 0 Å². The van der Waals surface area contributed by atoms with E-state index in [9.17, 15) is 8.42 Å². The Kier molecular flexibility index (Phi) is 3.88. The van der Waals surface area contributed by atoms with Crippen LogP contribution < -0.4 is 5.73 Å². The van der Waals surface area contributed by atoms with Crippen molar-refractivity contribution in [1.29, 1.82) is 0 Å². The molecule has 0 aromatic heterocycles. The van der Waals surface area contributed by atoms with Crippen molar-refractivity contribution in [3.63, 3.8) is 0 Å². The van der Waals surface area contributed by atoms with Crippen molar-refractivity contribution in [2.45, 2.75) is 25.5 Å². The number of hydrogen-bond donors (Lipinski definition) is 1. The Morgan fingerprint density at radius 2 is 2.29 bits per heavy atom. The molecule has 0 aromatic carbocycles. The molecule has 14 heavy (non-hydrogen) atoms. The maximum atomic E-state index is 11.7. The average Bonchev–Trinajstić information content (AvgIpc) is 2.51. The molecule has 1 aliphatic heterocycles. The first-order chi connectivity index (χ1) is 6.45. The Hall–Kier alpha value is -0.170. The van der Waals surface area contributed by atoms with Gasteiger partial charge in [0.2, 0.25) is 10.0 Å². The van der Waals surface area contributed by atoms with Crippen molar-refractivity contribution in [3.05, 3.63) is 0 Å². The predicted molar refractivity (Wildman–Crippen MR) is 54.4 cm³/mol. The summed E-state index contributed by atoms with van der Waals surface area (Å²) in [5.41, 5.74) is 5.65. The lowest BCUT2D eigenvalue weighted by Crippen LogP contribution is -2.36. The standard InChI is InChI=1S/C8H18N2O3S/c1-7(13-2)6-14(11,12)10-4-3-8(9)5-10/h7-8H,3-6,9H2,1-2H3/t7?,8-/m0/s1. The Labute approximate surface area is 85.3 Å². The fourth-order valence-electron chi connectivity index (χ4n) is 1.48. The summed E-state index contributed by atoms with van der Waals surface area (Å²) in [7, 11) is -1.67. The van der Waals surface area contributed by atoms with Gasteiger partial charge in [-0.15, -0.1) is 0 Å². The summed E-state index contributed by atoms with van der Waals surface area (Å²) in [5, 5.41) is 0. The zero-order valence-electron chi connectivity index (χ0n) is 8.64. The molecule has 0 saturated carbocycles. The van der Waals surface area contributed by atoms with Crippen LogP contribution in [0.15, 0.2) is 0 Å². The van der Waals surface area contributed by atoms with Gasteiger partial charge < -0.3 is 10.5 Å². The van der Waals surface area contributed by atoms with Gasteiger partial charge in [-0.3, -0.25) is 0 Å². The van der Waals surface area contributed by atoms with Gasteiger partial charge in [-0.05, 0) is 13.3 Å². The van der Waals surface area contributed by atoms with Crippen LogP contribution in [0.1, 0.15) is 13.3 Å². The maximum Gasteiger partial charge on any atom is 0.216 e. The summed E-state index contributed by atoms with van der Waals surface area (Å²) >= 11 is 0. The van der Waals surface area contributed by atoms with Crippen LogP contribution in [-0.4, -0.2) is 50.8 Å². The van der Waals surface area contributed by atoms with Gasteiger partial charge in [0.05, 0.1) is 11.9 Å². The number of nitrogens with two attached hydrogens (primary N) is 1. The zero-order valence-corrected chi connectivity index (χ0v) is 9.46. The second kappa shape index (κ2) is 4.57. The summed E-state index contributed by atoms with van der Waals surface area (Å²) < 4.78 is 29.9. The van der Waals surface area contributed by atoms with E-state index in [0.29, 0.717) is 13.1 Å². The second-order valence-corrected chi connectivity index (χ2v) is 5.75. The highest BCUT2D eigenvalue weighted by Crippen LogP contribution is 2.13. The molecule has 2 atom stereocenters. The van der Waals surface area contributed by atoms with Crippen LogP contribution in [0.4, 0.5) is 0 Å². The van der Waals surface area contributed by atoms with Crippen molar-refractivity contribution < 1.29 is 13.2 Å². The van der Waals surface area contributed by atoms with Gasteiger partial charge in [-0.1, -0.05) is 0 Å². The lowest BCUT2D eigenvalue weighted by Gasteiger charge is -2.18. The van der Waals surface area contributed by atoms with Crippen molar-refractivity contribution in [2.75, 3.05) is 26.0 Å². The molecule has 0 aliphatic carbocycles. The van der Waals surface area contributed by atoms with E-state index in [-0.39, 0.29) is 17.9 Å². The van der Waals surface area contributed by atoms with Crippen LogP contribution in [0, 0.1) is 0 Å². The third kappa shape index (κ3) is 2.91. The highest BCUT2D eigenvalue weighted by molar-refractivity contribution is 7.89. The second-order valence-electron chi connectivity index (χ2n) is 3.73. The number of nitrogens with zero attached hydrogens (tertiary/aromatic N) is 1. The minimum atomic E-state index is -3.18. The van der Waals surface area contributed by atoms with E-state index in [2.05, 4.69) is 0 Å². The zero-order chi connectivity index (χ0) is 10.8. The highest BCUT2D eigenvalue weighted by Gasteiger charge is 2.30. The number of hydrogen-bond acceptors (Lipinski definition) is 4. The molecule has 0 radical (unpaired) electrons. The topological polar surface area (TPSA) is 72.6 Å². The van der Waals surface area contributed by atoms with Gasteiger partial charge in [-0.25, -0.2) is 12.7 Å². The van der Waals surface area contributed by atoms with E-state index >= 15 is 0 Å². The summed E-state index contributed by atoms with van der Waals surface area (Å²) in [5.74, 6) is 0.0379. The lowest BCUT2D eigenvalue weighted by molar-refractivity contribution is 0.135. The average molecular weight is 222 g/mol. The molecule has 0 spiro atoms. The molecule has 1 saturated heterocycles. The SMILES string of the molecule is COC(C)CS(=O)(=O)N1CC[C@H](N)C1. The minimum Gasteiger partial charge on any atom is -0.381 e. The van der Waals surface area contributed by atoms with E-state index in [1.165, 1.54) is 11.4 Å². The van der Waals surface area contributed by atoms with Crippen LogP contribution in [0.25, 0.3) is 0 Å². The number of methoxy groups -OCH3 is 1. The molecule has 1 rings (SSSR count). The summed E-state index contributed by atoms with van der Waals surface area (Å²) in [6, 6.07) is -0.0115. The first-order valence-corrected chi connectivity index (χ1v) is 6.33. The minimum absolute atomic E-state index is 0.0115. The van der Waals surface area contributed by atoms with Crippen LogP contribution >= 0.6 is 0 Å². The number of rotatable bonds is 4.